The molecule has 1 saturated heterocycles. The van der Waals surface area contributed by atoms with E-state index in [9.17, 15) is 0 Å². The number of piperidine rings is 1. The number of hydrogen-bond donors (Lipinski definition) is 1. The van der Waals surface area contributed by atoms with Crippen LogP contribution >= 0.6 is 0 Å². The average molecular weight is 155 g/mol. The van der Waals surface area contributed by atoms with Crippen LogP contribution in [0.3, 0.4) is 0 Å². The van der Waals surface area contributed by atoms with Crippen LogP contribution in [0.25, 0.3) is 0 Å². The maximum absolute atomic E-state index is 3.54. The minimum atomic E-state index is 0.382. The standard InChI is InChI=1S/C10H21N/c1-8(2)9-5-6-11-10(3,4)7-9/h8-9,11H,5-7H2,1-4H3/t9-/m1/s1. The van der Waals surface area contributed by atoms with Crippen LogP contribution in [0.1, 0.15) is 40.5 Å². The zero-order chi connectivity index (χ0) is 8.48. The summed E-state index contributed by atoms with van der Waals surface area (Å²) in [6.45, 7) is 10.5. The molecule has 1 rings (SSSR count). The third-order valence-electron chi connectivity index (χ3n) is 2.83. The van der Waals surface area contributed by atoms with Crippen molar-refractivity contribution in [3.63, 3.8) is 0 Å². The van der Waals surface area contributed by atoms with Crippen molar-refractivity contribution in [2.75, 3.05) is 6.54 Å². The number of rotatable bonds is 1. The molecule has 1 atom stereocenters. The third kappa shape index (κ3) is 2.48. The van der Waals surface area contributed by atoms with Crippen molar-refractivity contribution in [3.8, 4) is 0 Å². The van der Waals surface area contributed by atoms with Crippen molar-refractivity contribution in [1.29, 1.82) is 0 Å². The molecule has 0 amide bonds. The van der Waals surface area contributed by atoms with Gasteiger partial charge in [0.05, 0.1) is 0 Å². The molecule has 0 saturated carbocycles. The third-order valence-corrected chi connectivity index (χ3v) is 2.83. The second kappa shape index (κ2) is 3.14. The van der Waals surface area contributed by atoms with Crippen LogP contribution in [0.2, 0.25) is 0 Å². The molecule has 0 spiro atoms. The Morgan fingerprint density at radius 1 is 1.36 bits per heavy atom. The minimum Gasteiger partial charge on any atom is -0.312 e. The lowest BCUT2D eigenvalue weighted by Gasteiger charge is -2.38. The molecule has 1 fully saturated rings. The lowest BCUT2D eigenvalue weighted by atomic mass is 9.79. The zero-order valence-corrected chi connectivity index (χ0v) is 8.28. The van der Waals surface area contributed by atoms with Crippen LogP contribution in [0.5, 0.6) is 0 Å². The molecule has 0 radical (unpaired) electrons. The molecule has 1 aliphatic rings. The van der Waals surface area contributed by atoms with Gasteiger partial charge in [0.25, 0.3) is 0 Å². The molecule has 1 N–H and O–H groups in total. The molecule has 0 aromatic rings. The highest BCUT2D eigenvalue weighted by atomic mass is 15.0. The van der Waals surface area contributed by atoms with Gasteiger partial charge < -0.3 is 5.32 Å². The van der Waals surface area contributed by atoms with Gasteiger partial charge in [0, 0.05) is 5.54 Å². The molecular formula is C10H21N. The maximum atomic E-state index is 3.54. The molecular weight excluding hydrogens is 134 g/mol. The predicted molar refractivity (Wildman–Crippen MR) is 49.6 cm³/mol. The summed E-state index contributed by atoms with van der Waals surface area (Å²) < 4.78 is 0. The fourth-order valence-electron chi connectivity index (χ4n) is 1.99. The molecule has 1 heteroatoms. The Morgan fingerprint density at radius 3 is 2.36 bits per heavy atom. The van der Waals surface area contributed by atoms with Gasteiger partial charge in [-0.05, 0) is 45.1 Å². The van der Waals surface area contributed by atoms with E-state index in [4.69, 9.17) is 0 Å². The summed E-state index contributed by atoms with van der Waals surface area (Å²) in [5, 5.41) is 3.54. The highest BCUT2D eigenvalue weighted by Crippen LogP contribution is 2.29. The summed E-state index contributed by atoms with van der Waals surface area (Å²) in [4.78, 5) is 0. The van der Waals surface area contributed by atoms with Crippen LogP contribution in [-0.2, 0) is 0 Å². The van der Waals surface area contributed by atoms with Crippen LogP contribution < -0.4 is 5.32 Å². The SMILES string of the molecule is CC(C)[C@@H]1CCNC(C)(C)C1. The Bertz CT molecular complexity index is 127. The Balaban J connectivity index is 2.46. The van der Waals surface area contributed by atoms with Gasteiger partial charge in [0.15, 0.2) is 0 Å². The first kappa shape index (κ1) is 9.05. The first-order valence-corrected chi connectivity index (χ1v) is 4.76. The lowest BCUT2D eigenvalue weighted by molar-refractivity contribution is 0.189. The second-order valence-electron chi connectivity index (χ2n) is 4.81. The number of nitrogens with one attached hydrogen (secondary N) is 1. The first-order chi connectivity index (χ1) is 5.01. The van der Waals surface area contributed by atoms with Gasteiger partial charge in [-0.2, -0.15) is 0 Å². The Morgan fingerprint density at radius 2 is 2.00 bits per heavy atom. The van der Waals surface area contributed by atoms with E-state index in [0.29, 0.717) is 5.54 Å². The first-order valence-electron chi connectivity index (χ1n) is 4.76. The molecule has 11 heavy (non-hydrogen) atoms. The molecule has 0 unspecified atom stereocenters. The van der Waals surface area contributed by atoms with Crippen molar-refractivity contribution in [2.45, 2.75) is 46.1 Å². The van der Waals surface area contributed by atoms with Crippen molar-refractivity contribution in [1.82, 2.24) is 5.32 Å². The fraction of sp³-hybridized carbons (Fsp3) is 1.00. The second-order valence-corrected chi connectivity index (χ2v) is 4.81. The van der Waals surface area contributed by atoms with Gasteiger partial charge in [0.2, 0.25) is 0 Å². The highest BCUT2D eigenvalue weighted by Gasteiger charge is 2.28. The largest absolute Gasteiger partial charge is 0.312 e. The fourth-order valence-corrected chi connectivity index (χ4v) is 1.99. The average Bonchev–Trinajstić information content (AvgIpc) is 1.85. The highest BCUT2D eigenvalue weighted by molar-refractivity contribution is 4.86. The van der Waals surface area contributed by atoms with Crippen molar-refractivity contribution in [3.05, 3.63) is 0 Å². The number of hydrogen-bond acceptors (Lipinski definition) is 1. The van der Waals surface area contributed by atoms with E-state index in [1.165, 1.54) is 19.4 Å². The summed E-state index contributed by atoms with van der Waals surface area (Å²) in [7, 11) is 0. The topological polar surface area (TPSA) is 12.0 Å². The van der Waals surface area contributed by atoms with Gasteiger partial charge in [-0.3, -0.25) is 0 Å². The molecule has 0 aliphatic carbocycles. The van der Waals surface area contributed by atoms with E-state index in [1.807, 2.05) is 0 Å². The molecule has 0 aromatic carbocycles. The maximum Gasteiger partial charge on any atom is 0.0127 e. The van der Waals surface area contributed by atoms with Gasteiger partial charge >= 0.3 is 0 Å². The monoisotopic (exact) mass is 155 g/mol. The Kier molecular flexibility index (Phi) is 2.58. The van der Waals surface area contributed by atoms with E-state index < -0.39 is 0 Å². The van der Waals surface area contributed by atoms with E-state index in [-0.39, 0.29) is 0 Å². The van der Waals surface area contributed by atoms with E-state index in [0.717, 1.165) is 11.8 Å². The van der Waals surface area contributed by atoms with E-state index in [1.54, 1.807) is 0 Å². The molecule has 0 bridgehead atoms. The quantitative estimate of drug-likeness (QED) is 0.613. The van der Waals surface area contributed by atoms with Crippen LogP contribution in [0.15, 0.2) is 0 Å². The van der Waals surface area contributed by atoms with Crippen molar-refractivity contribution in [2.24, 2.45) is 11.8 Å². The van der Waals surface area contributed by atoms with Crippen LogP contribution in [-0.4, -0.2) is 12.1 Å². The summed E-state index contributed by atoms with van der Waals surface area (Å²) in [6, 6.07) is 0. The van der Waals surface area contributed by atoms with Crippen molar-refractivity contribution < 1.29 is 0 Å². The van der Waals surface area contributed by atoms with E-state index >= 15 is 0 Å². The zero-order valence-electron chi connectivity index (χ0n) is 8.28. The van der Waals surface area contributed by atoms with Crippen molar-refractivity contribution >= 4 is 0 Å². The summed E-state index contributed by atoms with van der Waals surface area (Å²) in [6.07, 6.45) is 2.70. The molecule has 1 heterocycles. The molecule has 0 aromatic heterocycles. The van der Waals surface area contributed by atoms with Crippen LogP contribution in [0.4, 0.5) is 0 Å². The normalized spacial score (nSPS) is 30.8. The summed E-state index contributed by atoms with van der Waals surface area (Å²) >= 11 is 0. The molecule has 66 valence electrons. The van der Waals surface area contributed by atoms with E-state index in [2.05, 4.69) is 33.0 Å². The minimum absolute atomic E-state index is 0.382. The summed E-state index contributed by atoms with van der Waals surface area (Å²) in [5.74, 6) is 1.79. The Labute approximate surface area is 70.6 Å². The van der Waals surface area contributed by atoms with Gasteiger partial charge in [-0.25, -0.2) is 0 Å². The predicted octanol–water partition coefficient (Wildman–Crippen LogP) is 2.42. The smallest absolute Gasteiger partial charge is 0.0127 e. The molecule has 1 aliphatic heterocycles. The lowest BCUT2D eigenvalue weighted by Crippen LogP contribution is -2.47. The van der Waals surface area contributed by atoms with Gasteiger partial charge in [-0.15, -0.1) is 0 Å². The Hall–Kier alpha value is -0.0400. The summed E-state index contributed by atoms with van der Waals surface area (Å²) in [5.41, 5.74) is 0.382. The van der Waals surface area contributed by atoms with Gasteiger partial charge in [-0.1, -0.05) is 13.8 Å². The van der Waals surface area contributed by atoms with Crippen LogP contribution in [0, 0.1) is 11.8 Å². The molecule has 1 nitrogen and oxygen atoms in total. The van der Waals surface area contributed by atoms with Gasteiger partial charge in [0.1, 0.15) is 0 Å².